The Balaban J connectivity index is 1.99. The highest BCUT2D eigenvalue weighted by Crippen LogP contribution is 2.50. The van der Waals surface area contributed by atoms with Gasteiger partial charge in [-0.25, -0.2) is 9.59 Å². The van der Waals surface area contributed by atoms with Gasteiger partial charge in [0.1, 0.15) is 0 Å². The van der Waals surface area contributed by atoms with E-state index in [0.29, 0.717) is 11.1 Å². The SMILES string of the molecule is Cc1ccc([C@@H]2NC(=O)N[C@@H](c3ccc(C)cc3)C23C(=O)N(C)C(=O)N(C)C3=O)cc1. The van der Waals surface area contributed by atoms with Crippen molar-refractivity contribution >= 4 is 23.9 Å². The summed E-state index contributed by atoms with van der Waals surface area (Å²) < 4.78 is 0. The van der Waals surface area contributed by atoms with Crippen LogP contribution in [0.15, 0.2) is 48.5 Å². The second-order valence-electron chi connectivity index (χ2n) is 8.19. The van der Waals surface area contributed by atoms with Crippen molar-refractivity contribution in [3.05, 3.63) is 70.8 Å². The standard InChI is InChI=1S/C23H24N4O4/c1-13-5-9-15(10-6-13)17-23(19(28)26(3)22(31)27(4)20(23)29)18(25-21(30)24-17)16-11-7-14(2)8-12-16/h5-12,17-18H,1-4H3,(H2,24,25,30)/t17-,18-/m0/s1. The van der Waals surface area contributed by atoms with Crippen molar-refractivity contribution < 1.29 is 19.2 Å². The number of hydrogen-bond donors (Lipinski definition) is 2. The zero-order chi connectivity index (χ0) is 22.5. The number of rotatable bonds is 2. The lowest BCUT2D eigenvalue weighted by atomic mass is 9.65. The normalized spacial score (nSPS) is 23.1. The van der Waals surface area contributed by atoms with Crippen LogP contribution in [0, 0.1) is 19.3 Å². The van der Waals surface area contributed by atoms with Crippen molar-refractivity contribution in [2.75, 3.05) is 14.1 Å². The van der Waals surface area contributed by atoms with Crippen LogP contribution in [0.1, 0.15) is 34.3 Å². The van der Waals surface area contributed by atoms with E-state index >= 15 is 0 Å². The minimum atomic E-state index is -1.78. The Morgan fingerprint density at radius 1 is 0.677 bits per heavy atom. The molecule has 2 aliphatic heterocycles. The maximum atomic E-state index is 13.7. The van der Waals surface area contributed by atoms with Crippen molar-refractivity contribution in [1.82, 2.24) is 20.4 Å². The van der Waals surface area contributed by atoms with Gasteiger partial charge in [0.15, 0.2) is 5.41 Å². The monoisotopic (exact) mass is 420 g/mol. The summed E-state index contributed by atoms with van der Waals surface area (Å²) in [7, 11) is 2.70. The van der Waals surface area contributed by atoms with Crippen molar-refractivity contribution in [2.24, 2.45) is 5.41 Å². The Kier molecular flexibility index (Phi) is 4.80. The molecule has 2 aromatic rings. The number of nitrogens with one attached hydrogen (secondary N) is 2. The average molecular weight is 420 g/mol. The van der Waals surface area contributed by atoms with Crippen molar-refractivity contribution in [3.8, 4) is 0 Å². The summed E-state index contributed by atoms with van der Waals surface area (Å²) in [4.78, 5) is 54.6. The smallest absolute Gasteiger partial charge is 0.330 e. The van der Waals surface area contributed by atoms with Crippen LogP contribution in [0.25, 0.3) is 0 Å². The number of carbonyl (C=O) groups is 4. The van der Waals surface area contributed by atoms with Crippen molar-refractivity contribution in [3.63, 3.8) is 0 Å². The van der Waals surface area contributed by atoms with E-state index < -0.39 is 41.4 Å². The Morgan fingerprint density at radius 2 is 1.03 bits per heavy atom. The van der Waals surface area contributed by atoms with Gasteiger partial charge in [-0.2, -0.15) is 0 Å². The highest BCUT2D eigenvalue weighted by Gasteiger charge is 2.67. The average Bonchev–Trinajstić information content (AvgIpc) is 2.76. The maximum Gasteiger partial charge on any atom is 0.332 e. The number of benzene rings is 2. The third-order valence-electron chi connectivity index (χ3n) is 6.17. The minimum Gasteiger partial charge on any atom is -0.330 e. The number of nitrogens with zero attached hydrogens (tertiary/aromatic N) is 2. The Hall–Kier alpha value is -3.68. The fourth-order valence-corrected chi connectivity index (χ4v) is 4.45. The zero-order valence-corrected chi connectivity index (χ0v) is 17.8. The predicted octanol–water partition coefficient (Wildman–Crippen LogP) is 2.44. The molecule has 0 aliphatic carbocycles. The molecule has 2 saturated heterocycles. The van der Waals surface area contributed by atoms with Crippen molar-refractivity contribution in [2.45, 2.75) is 25.9 Å². The Morgan fingerprint density at radius 3 is 1.39 bits per heavy atom. The summed E-state index contributed by atoms with van der Waals surface area (Å²) in [5.41, 5.74) is 1.43. The number of aryl methyl sites for hydroxylation is 2. The minimum absolute atomic E-state index is 0.496. The van der Waals surface area contributed by atoms with Gasteiger partial charge in [-0.1, -0.05) is 59.7 Å². The summed E-state index contributed by atoms with van der Waals surface area (Å²) in [5.74, 6) is -1.33. The summed E-state index contributed by atoms with van der Waals surface area (Å²) in [5, 5.41) is 5.57. The molecule has 6 amide bonds. The molecular weight excluding hydrogens is 396 g/mol. The van der Waals surface area contributed by atoms with Crippen LogP contribution < -0.4 is 10.6 Å². The molecule has 31 heavy (non-hydrogen) atoms. The van der Waals surface area contributed by atoms with Gasteiger partial charge in [-0.3, -0.25) is 19.4 Å². The van der Waals surface area contributed by atoms with E-state index in [2.05, 4.69) is 10.6 Å². The quantitative estimate of drug-likeness (QED) is 0.729. The van der Waals surface area contributed by atoms with Crippen LogP contribution >= 0.6 is 0 Å². The van der Waals surface area contributed by atoms with Gasteiger partial charge in [0.25, 0.3) is 11.8 Å². The first-order valence-corrected chi connectivity index (χ1v) is 9.98. The fourth-order valence-electron chi connectivity index (χ4n) is 4.45. The number of urea groups is 2. The Bertz CT molecular complexity index is 994. The molecule has 8 heteroatoms. The summed E-state index contributed by atoms with van der Waals surface area (Å²) in [6.45, 7) is 3.85. The number of hydrogen-bond acceptors (Lipinski definition) is 4. The third kappa shape index (κ3) is 2.98. The predicted molar refractivity (Wildman–Crippen MR) is 113 cm³/mol. The van der Waals surface area contributed by atoms with Gasteiger partial charge in [0.05, 0.1) is 12.1 Å². The first-order valence-electron chi connectivity index (χ1n) is 9.98. The lowest BCUT2D eigenvalue weighted by Crippen LogP contribution is -2.73. The van der Waals surface area contributed by atoms with Crippen LogP contribution in [0.3, 0.4) is 0 Å². The van der Waals surface area contributed by atoms with Gasteiger partial charge in [0.2, 0.25) is 0 Å². The lowest BCUT2D eigenvalue weighted by molar-refractivity contribution is -0.163. The second kappa shape index (κ2) is 7.23. The van der Waals surface area contributed by atoms with E-state index in [0.717, 1.165) is 20.9 Å². The summed E-state index contributed by atoms with van der Waals surface area (Å²) in [6, 6.07) is 11.4. The molecule has 0 radical (unpaired) electrons. The Labute approximate surface area is 180 Å². The molecule has 2 heterocycles. The van der Waals surface area contributed by atoms with E-state index in [1.807, 2.05) is 38.1 Å². The van der Waals surface area contributed by atoms with E-state index in [1.54, 1.807) is 24.3 Å². The van der Waals surface area contributed by atoms with Gasteiger partial charge < -0.3 is 10.6 Å². The first-order chi connectivity index (χ1) is 14.7. The molecule has 2 atom stereocenters. The maximum absolute atomic E-state index is 13.7. The zero-order valence-electron chi connectivity index (χ0n) is 17.8. The molecule has 0 bridgehead atoms. The number of barbiturate groups is 1. The fraction of sp³-hybridized carbons (Fsp3) is 0.304. The summed E-state index contributed by atoms with van der Waals surface area (Å²) >= 11 is 0. The second-order valence-corrected chi connectivity index (χ2v) is 8.19. The molecule has 2 fully saturated rings. The largest absolute Gasteiger partial charge is 0.332 e. The number of carbonyl (C=O) groups excluding carboxylic acids is 4. The molecule has 0 saturated carbocycles. The molecule has 8 nitrogen and oxygen atoms in total. The molecule has 2 aliphatic rings. The third-order valence-corrected chi connectivity index (χ3v) is 6.17. The summed E-state index contributed by atoms with van der Waals surface area (Å²) in [6.07, 6.45) is 0. The molecule has 160 valence electrons. The van der Waals surface area contributed by atoms with E-state index in [1.165, 1.54) is 14.1 Å². The molecule has 4 rings (SSSR count). The molecule has 2 aromatic carbocycles. The van der Waals surface area contributed by atoms with Crippen molar-refractivity contribution in [1.29, 1.82) is 0 Å². The molecule has 2 N–H and O–H groups in total. The topological polar surface area (TPSA) is 98.8 Å². The first kappa shape index (κ1) is 20.6. The van der Waals surface area contributed by atoms with Crippen LogP contribution in [0.2, 0.25) is 0 Å². The molecule has 0 aromatic heterocycles. The van der Waals surface area contributed by atoms with E-state index in [9.17, 15) is 19.2 Å². The molecular formula is C23H24N4O4. The molecule has 1 spiro atoms. The number of imide groups is 2. The highest BCUT2D eigenvalue weighted by atomic mass is 16.2. The van der Waals surface area contributed by atoms with Crippen LogP contribution in [-0.2, 0) is 9.59 Å². The van der Waals surface area contributed by atoms with E-state index in [-0.39, 0.29) is 0 Å². The van der Waals surface area contributed by atoms with Gasteiger partial charge in [-0.05, 0) is 25.0 Å². The van der Waals surface area contributed by atoms with Crippen LogP contribution in [-0.4, -0.2) is 47.8 Å². The van der Waals surface area contributed by atoms with Crippen LogP contribution in [0.5, 0.6) is 0 Å². The highest BCUT2D eigenvalue weighted by molar-refractivity contribution is 6.20. The van der Waals surface area contributed by atoms with Crippen LogP contribution in [0.4, 0.5) is 9.59 Å². The van der Waals surface area contributed by atoms with E-state index in [4.69, 9.17) is 0 Å². The lowest BCUT2D eigenvalue weighted by Gasteiger charge is -2.52. The van der Waals surface area contributed by atoms with Gasteiger partial charge in [-0.15, -0.1) is 0 Å². The number of amides is 6. The van der Waals surface area contributed by atoms with Gasteiger partial charge in [0, 0.05) is 14.1 Å². The molecule has 0 unspecified atom stereocenters. The van der Waals surface area contributed by atoms with Gasteiger partial charge >= 0.3 is 12.1 Å².